The van der Waals surface area contributed by atoms with Crippen LogP contribution in [0.4, 0.5) is 13.2 Å². The molecule has 1 aromatic carbocycles. The Morgan fingerprint density at radius 3 is 2.54 bits per heavy atom. The maximum absolute atomic E-state index is 11.9. The summed E-state index contributed by atoms with van der Waals surface area (Å²) >= 11 is 0. The molecule has 0 heterocycles. The second kappa shape index (κ2) is 10.9. The lowest BCUT2D eigenvalue weighted by molar-refractivity contribution is -0.173. The number of halogens is 3. The molecule has 1 unspecified atom stereocenters. The van der Waals surface area contributed by atoms with Gasteiger partial charge in [-0.2, -0.15) is 13.2 Å². The molecule has 0 aliphatic rings. The summed E-state index contributed by atoms with van der Waals surface area (Å²) in [6, 6.07) is 9.61. The van der Waals surface area contributed by atoms with Crippen LogP contribution in [0.5, 0.6) is 0 Å². The summed E-state index contributed by atoms with van der Waals surface area (Å²) in [7, 11) is 1.60. The molecular formula is C16H24F3N3O2. The fourth-order valence-corrected chi connectivity index (χ4v) is 2.02. The molecule has 0 aliphatic heterocycles. The van der Waals surface area contributed by atoms with Crippen molar-refractivity contribution in [1.29, 1.82) is 0 Å². The van der Waals surface area contributed by atoms with E-state index in [1.807, 2.05) is 30.3 Å². The molecule has 0 amide bonds. The van der Waals surface area contributed by atoms with Crippen molar-refractivity contribution in [2.24, 2.45) is 4.99 Å². The highest BCUT2D eigenvalue weighted by molar-refractivity contribution is 5.79. The smallest absolute Gasteiger partial charge is 0.396 e. The average Bonchev–Trinajstić information content (AvgIpc) is 2.56. The van der Waals surface area contributed by atoms with Crippen molar-refractivity contribution in [3.05, 3.63) is 35.9 Å². The van der Waals surface area contributed by atoms with E-state index in [0.29, 0.717) is 25.5 Å². The molecule has 136 valence electrons. The fraction of sp³-hybridized carbons (Fsp3) is 0.562. The van der Waals surface area contributed by atoms with Gasteiger partial charge in [0, 0.05) is 32.7 Å². The highest BCUT2D eigenvalue weighted by Gasteiger charge is 2.27. The van der Waals surface area contributed by atoms with Crippen molar-refractivity contribution < 1.29 is 23.0 Å². The molecule has 0 bridgehead atoms. The molecule has 1 atom stereocenters. The van der Waals surface area contributed by atoms with E-state index in [1.165, 1.54) is 0 Å². The Kier molecular flexibility index (Phi) is 9.18. The Bertz CT molecular complexity index is 481. The van der Waals surface area contributed by atoms with E-state index >= 15 is 0 Å². The minimum absolute atomic E-state index is 0.000704. The number of aliphatic hydroxyl groups excluding tert-OH is 1. The predicted molar refractivity (Wildman–Crippen MR) is 87.1 cm³/mol. The summed E-state index contributed by atoms with van der Waals surface area (Å²) in [5.74, 6) is 0.458. The maximum Gasteiger partial charge on any atom is 0.411 e. The molecule has 1 aromatic rings. The molecule has 24 heavy (non-hydrogen) atoms. The lowest BCUT2D eigenvalue weighted by atomic mass is 10.0. The number of nitrogens with one attached hydrogen (secondary N) is 2. The van der Waals surface area contributed by atoms with Crippen molar-refractivity contribution in [1.82, 2.24) is 10.6 Å². The van der Waals surface area contributed by atoms with Crippen LogP contribution in [0.1, 0.15) is 17.9 Å². The molecule has 0 radical (unpaired) electrons. The van der Waals surface area contributed by atoms with Crippen LogP contribution in [0.2, 0.25) is 0 Å². The van der Waals surface area contributed by atoms with Crippen LogP contribution in [0.25, 0.3) is 0 Å². The molecule has 0 saturated carbocycles. The first kappa shape index (κ1) is 20.2. The Labute approximate surface area is 139 Å². The first-order valence-corrected chi connectivity index (χ1v) is 7.71. The van der Waals surface area contributed by atoms with E-state index < -0.39 is 12.8 Å². The quantitative estimate of drug-likeness (QED) is 0.363. The van der Waals surface area contributed by atoms with Crippen LogP contribution < -0.4 is 10.6 Å². The van der Waals surface area contributed by atoms with E-state index in [4.69, 9.17) is 0 Å². The fourth-order valence-electron chi connectivity index (χ4n) is 2.02. The topological polar surface area (TPSA) is 65.9 Å². The van der Waals surface area contributed by atoms with Crippen LogP contribution >= 0.6 is 0 Å². The third-order valence-electron chi connectivity index (χ3n) is 3.25. The molecule has 8 heteroatoms. The molecule has 5 nitrogen and oxygen atoms in total. The van der Waals surface area contributed by atoms with Crippen LogP contribution in [-0.4, -0.2) is 57.2 Å². The van der Waals surface area contributed by atoms with Crippen LogP contribution in [0.3, 0.4) is 0 Å². The highest BCUT2D eigenvalue weighted by Crippen LogP contribution is 2.14. The van der Waals surface area contributed by atoms with Crippen molar-refractivity contribution in [2.75, 3.05) is 40.0 Å². The maximum atomic E-state index is 11.9. The SMILES string of the molecule is CN=C(NCCCOCC(F)(F)F)NCC(CO)c1ccccc1. The Hall–Kier alpha value is -1.80. The molecule has 3 N–H and O–H groups in total. The van der Waals surface area contributed by atoms with Crippen LogP contribution in [-0.2, 0) is 4.74 Å². The van der Waals surface area contributed by atoms with Gasteiger partial charge in [0.15, 0.2) is 5.96 Å². The van der Waals surface area contributed by atoms with Gasteiger partial charge in [-0.05, 0) is 12.0 Å². The third kappa shape index (κ3) is 8.73. The number of alkyl halides is 3. The number of hydrogen-bond donors (Lipinski definition) is 3. The minimum atomic E-state index is -4.29. The Balaban J connectivity index is 2.25. The summed E-state index contributed by atoms with van der Waals surface area (Å²) < 4.78 is 40.2. The summed E-state index contributed by atoms with van der Waals surface area (Å²) in [6.07, 6.45) is -3.86. The van der Waals surface area contributed by atoms with Gasteiger partial charge in [0.05, 0.1) is 6.61 Å². The summed E-state index contributed by atoms with van der Waals surface area (Å²) in [5, 5.41) is 15.6. The monoisotopic (exact) mass is 347 g/mol. The number of rotatable bonds is 9. The second-order valence-corrected chi connectivity index (χ2v) is 5.19. The van der Waals surface area contributed by atoms with Gasteiger partial charge in [0.2, 0.25) is 0 Å². The number of guanidine groups is 1. The van der Waals surface area contributed by atoms with Crippen molar-refractivity contribution in [3.63, 3.8) is 0 Å². The zero-order valence-corrected chi connectivity index (χ0v) is 13.6. The van der Waals surface area contributed by atoms with Gasteiger partial charge in [-0.25, -0.2) is 0 Å². The lowest BCUT2D eigenvalue weighted by Gasteiger charge is -2.18. The molecular weight excluding hydrogens is 323 g/mol. The lowest BCUT2D eigenvalue weighted by Crippen LogP contribution is -2.40. The molecule has 0 aromatic heterocycles. The number of benzene rings is 1. The zero-order valence-electron chi connectivity index (χ0n) is 13.6. The van der Waals surface area contributed by atoms with E-state index in [1.54, 1.807) is 7.05 Å². The van der Waals surface area contributed by atoms with Gasteiger partial charge >= 0.3 is 6.18 Å². The predicted octanol–water partition coefficient (Wildman–Crippen LogP) is 1.90. The Morgan fingerprint density at radius 1 is 1.25 bits per heavy atom. The van der Waals surface area contributed by atoms with Crippen LogP contribution in [0, 0.1) is 0 Å². The van der Waals surface area contributed by atoms with E-state index in [2.05, 4.69) is 20.4 Å². The van der Waals surface area contributed by atoms with Crippen molar-refractivity contribution in [3.8, 4) is 0 Å². The van der Waals surface area contributed by atoms with Gasteiger partial charge < -0.3 is 20.5 Å². The minimum Gasteiger partial charge on any atom is -0.396 e. The number of aliphatic imine (C=N–C) groups is 1. The van der Waals surface area contributed by atoms with Crippen LogP contribution in [0.15, 0.2) is 35.3 Å². The van der Waals surface area contributed by atoms with Gasteiger partial charge in [0.1, 0.15) is 6.61 Å². The molecule has 0 saturated heterocycles. The standard InChI is InChI=1S/C16H24F3N3O2/c1-20-15(21-8-5-9-24-12-16(17,18)19)22-10-14(11-23)13-6-3-2-4-7-13/h2-4,6-7,14,23H,5,8-12H2,1H3,(H2,20,21,22). The van der Waals surface area contributed by atoms with Gasteiger partial charge in [-0.1, -0.05) is 30.3 Å². The molecule has 0 fully saturated rings. The number of nitrogens with zero attached hydrogens (tertiary/aromatic N) is 1. The second-order valence-electron chi connectivity index (χ2n) is 5.19. The van der Waals surface area contributed by atoms with Crippen molar-refractivity contribution in [2.45, 2.75) is 18.5 Å². The summed E-state index contributed by atoms with van der Waals surface area (Å²) in [6.45, 7) is -0.279. The van der Waals surface area contributed by atoms with Gasteiger partial charge in [0.25, 0.3) is 0 Å². The third-order valence-corrected chi connectivity index (χ3v) is 3.25. The normalized spacial score (nSPS) is 13.6. The van der Waals surface area contributed by atoms with E-state index in [-0.39, 0.29) is 19.1 Å². The van der Waals surface area contributed by atoms with Gasteiger partial charge in [-0.3, -0.25) is 4.99 Å². The first-order chi connectivity index (χ1) is 11.5. The molecule has 0 aliphatic carbocycles. The highest BCUT2D eigenvalue weighted by atomic mass is 19.4. The largest absolute Gasteiger partial charge is 0.411 e. The van der Waals surface area contributed by atoms with E-state index in [9.17, 15) is 18.3 Å². The summed E-state index contributed by atoms with van der Waals surface area (Å²) in [5.41, 5.74) is 1.02. The molecule has 1 rings (SSSR count). The number of hydrogen-bond acceptors (Lipinski definition) is 3. The van der Waals surface area contributed by atoms with Gasteiger partial charge in [-0.15, -0.1) is 0 Å². The van der Waals surface area contributed by atoms with E-state index in [0.717, 1.165) is 5.56 Å². The number of aliphatic hydroxyl groups is 1. The average molecular weight is 347 g/mol. The zero-order chi connectivity index (χ0) is 17.8. The molecule has 0 spiro atoms. The Morgan fingerprint density at radius 2 is 1.96 bits per heavy atom. The summed E-state index contributed by atoms with van der Waals surface area (Å²) in [4.78, 5) is 4.04. The van der Waals surface area contributed by atoms with Crippen molar-refractivity contribution >= 4 is 5.96 Å². The number of ether oxygens (including phenoxy) is 1. The first-order valence-electron chi connectivity index (χ1n) is 7.71.